The number of hydrogen-bond donors (Lipinski definition) is 0. The van der Waals surface area contributed by atoms with Crippen LogP contribution in [0.4, 0.5) is 5.82 Å². The Labute approximate surface area is 149 Å². The predicted molar refractivity (Wildman–Crippen MR) is 98.3 cm³/mol. The molecule has 1 saturated heterocycles. The van der Waals surface area contributed by atoms with E-state index >= 15 is 0 Å². The highest BCUT2D eigenvalue weighted by atomic mass is 16.2. The van der Waals surface area contributed by atoms with Crippen LogP contribution in [0.25, 0.3) is 0 Å². The topological polar surface area (TPSA) is 52.6 Å². The number of carbonyl (C=O) groups is 1. The summed E-state index contributed by atoms with van der Waals surface area (Å²) in [6, 6.07) is 13.6. The molecule has 25 heavy (non-hydrogen) atoms. The highest BCUT2D eigenvalue weighted by molar-refractivity contribution is 5.83. The smallest absolute Gasteiger partial charge is 0.244 e. The molecule has 1 aromatic heterocycles. The molecule has 0 bridgehead atoms. The van der Waals surface area contributed by atoms with Crippen LogP contribution in [0.15, 0.2) is 48.7 Å². The van der Waals surface area contributed by atoms with Crippen molar-refractivity contribution in [1.29, 1.82) is 0 Å². The van der Waals surface area contributed by atoms with Crippen LogP contribution in [-0.4, -0.2) is 66.2 Å². The van der Waals surface area contributed by atoms with Crippen molar-refractivity contribution in [3.8, 4) is 0 Å². The van der Waals surface area contributed by atoms with Gasteiger partial charge in [0.1, 0.15) is 6.04 Å². The molecule has 1 aliphatic heterocycles. The molecule has 6 nitrogen and oxygen atoms in total. The van der Waals surface area contributed by atoms with Gasteiger partial charge in [0, 0.05) is 32.4 Å². The first-order valence-corrected chi connectivity index (χ1v) is 8.69. The number of hydrogen-bond acceptors (Lipinski definition) is 5. The van der Waals surface area contributed by atoms with Gasteiger partial charge in [0.15, 0.2) is 5.82 Å². The van der Waals surface area contributed by atoms with Gasteiger partial charge in [0.05, 0.1) is 0 Å². The van der Waals surface area contributed by atoms with Gasteiger partial charge in [0.2, 0.25) is 5.91 Å². The van der Waals surface area contributed by atoms with Crippen molar-refractivity contribution in [1.82, 2.24) is 20.0 Å². The quantitative estimate of drug-likeness (QED) is 0.850. The largest absolute Gasteiger partial charge is 0.353 e. The number of likely N-dealkylation sites (N-methyl/N-ethyl adjacent to an activating group) is 1. The van der Waals surface area contributed by atoms with Crippen LogP contribution in [0.1, 0.15) is 18.0 Å². The third-order valence-electron chi connectivity index (χ3n) is 4.56. The number of aromatic nitrogens is 2. The molecule has 132 valence electrons. The molecule has 1 aliphatic rings. The van der Waals surface area contributed by atoms with Gasteiger partial charge < -0.3 is 9.80 Å². The van der Waals surface area contributed by atoms with E-state index in [0.717, 1.165) is 37.4 Å². The SMILES string of the molecule is CN(C)[C@@H](C(=O)N1CCCN(c2cccnn2)CC1)c1ccccc1. The molecule has 0 unspecified atom stereocenters. The first-order chi connectivity index (χ1) is 12.2. The van der Waals surface area contributed by atoms with Gasteiger partial charge >= 0.3 is 0 Å². The summed E-state index contributed by atoms with van der Waals surface area (Å²) in [4.78, 5) is 19.3. The molecule has 0 aliphatic carbocycles. The Bertz CT molecular complexity index is 677. The van der Waals surface area contributed by atoms with Crippen LogP contribution in [0.5, 0.6) is 0 Å². The van der Waals surface area contributed by atoms with E-state index in [1.165, 1.54) is 0 Å². The number of anilines is 1. The van der Waals surface area contributed by atoms with Crippen LogP contribution < -0.4 is 4.90 Å². The van der Waals surface area contributed by atoms with Crippen molar-refractivity contribution in [3.63, 3.8) is 0 Å². The number of benzene rings is 1. The van der Waals surface area contributed by atoms with Crippen LogP contribution in [0.2, 0.25) is 0 Å². The maximum atomic E-state index is 13.2. The molecule has 2 aromatic rings. The van der Waals surface area contributed by atoms with Gasteiger partial charge in [-0.3, -0.25) is 9.69 Å². The molecule has 3 rings (SSSR count). The number of nitrogens with zero attached hydrogens (tertiary/aromatic N) is 5. The lowest BCUT2D eigenvalue weighted by molar-refractivity contribution is -0.136. The molecule has 0 saturated carbocycles. The Hall–Kier alpha value is -2.47. The summed E-state index contributed by atoms with van der Waals surface area (Å²) in [6.07, 6.45) is 2.61. The third-order valence-corrected chi connectivity index (χ3v) is 4.56. The summed E-state index contributed by atoms with van der Waals surface area (Å²) in [5, 5.41) is 8.15. The number of amides is 1. The first kappa shape index (κ1) is 17.4. The first-order valence-electron chi connectivity index (χ1n) is 8.69. The Morgan fingerprint density at radius 1 is 1.04 bits per heavy atom. The fourth-order valence-corrected chi connectivity index (χ4v) is 3.30. The lowest BCUT2D eigenvalue weighted by Gasteiger charge is -2.30. The van der Waals surface area contributed by atoms with Crippen LogP contribution >= 0.6 is 0 Å². The molecule has 0 radical (unpaired) electrons. The fraction of sp³-hybridized carbons (Fsp3) is 0.421. The molecule has 0 N–H and O–H groups in total. The van der Waals surface area contributed by atoms with Gasteiger partial charge in [-0.05, 0) is 38.2 Å². The molecule has 0 spiro atoms. The summed E-state index contributed by atoms with van der Waals surface area (Å²) in [7, 11) is 3.92. The van der Waals surface area contributed by atoms with Gasteiger partial charge in [0.25, 0.3) is 0 Å². The van der Waals surface area contributed by atoms with Crippen molar-refractivity contribution in [3.05, 3.63) is 54.2 Å². The van der Waals surface area contributed by atoms with Crippen LogP contribution in [0, 0.1) is 0 Å². The Morgan fingerprint density at radius 2 is 1.84 bits per heavy atom. The Morgan fingerprint density at radius 3 is 2.52 bits per heavy atom. The lowest BCUT2D eigenvalue weighted by Crippen LogP contribution is -2.42. The van der Waals surface area contributed by atoms with E-state index in [2.05, 4.69) is 15.1 Å². The Balaban J connectivity index is 1.71. The second kappa shape index (κ2) is 8.07. The average molecular weight is 339 g/mol. The van der Waals surface area contributed by atoms with Crippen molar-refractivity contribution in [2.45, 2.75) is 12.5 Å². The summed E-state index contributed by atoms with van der Waals surface area (Å²) >= 11 is 0. The molecule has 1 fully saturated rings. The van der Waals surface area contributed by atoms with Crippen LogP contribution in [-0.2, 0) is 4.79 Å². The fourth-order valence-electron chi connectivity index (χ4n) is 3.30. The van der Waals surface area contributed by atoms with E-state index in [4.69, 9.17) is 0 Å². The van der Waals surface area contributed by atoms with Gasteiger partial charge in [-0.25, -0.2) is 0 Å². The van der Waals surface area contributed by atoms with Crippen molar-refractivity contribution < 1.29 is 4.79 Å². The number of carbonyl (C=O) groups excluding carboxylic acids is 1. The molecule has 1 aromatic carbocycles. The maximum Gasteiger partial charge on any atom is 0.244 e. The van der Waals surface area contributed by atoms with Crippen molar-refractivity contribution in [2.24, 2.45) is 0 Å². The highest BCUT2D eigenvalue weighted by Gasteiger charge is 2.29. The van der Waals surface area contributed by atoms with E-state index in [9.17, 15) is 4.79 Å². The van der Waals surface area contributed by atoms with Crippen molar-refractivity contribution >= 4 is 11.7 Å². The molecule has 1 amide bonds. The minimum absolute atomic E-state index is 0.164. The molecular formula is C19H25N5O. The van der Waals surface area contributed by atoms with Gasteiger partial charge in [-0.2, -0.15) is 5.10 Å². The summed E-state index contributed by atoms with van der Waals surface area (Å²) in [6.45, 7) is 3.14. The maximum absolute atomic E-state index is 13.2. The second-order valence-electron chi connectivity index (χ2n) is 6.52. The zero-order chi connectivity index (χ0) is 17.6. The van der Waals surface area contributed by atoms with E-state index in [-0.39, 0.29) is 11.9 Å². The summed E-state index contributed by atoms with van der Waals surface area (Å²) < 4.78 is 0. The molecule has 6 heteroatoms. The molecule has 1 atom stereocenters. The normalized spacial score (nSPS) is 16.6. The molecular weight excluding hydrogens is 314 g/mol. The zero-order valence-electron chi connectivity index (χ0n) is 14.9. The number of rotatable bonds is 4. The van der Waals surface area contributed by atoms with E-state index in [0.29, 0.717) is 6.54 Å². The van der Waals surface area contributed by atoms with E-state index in [1.807, 2.05) is 66.4 Å². The minimum Gasteiger partial charge on any atom is -0.353 e. The zero-order valence-corrected chi connectivity index (χ0v) is 14.9. The van der Waals surface area contributed by atoms with E-state index < -0.39 is 0 Å². The summed E-state index contributed by atoms with van der Waals surface area (Å²) in [5.74, 6) is 1.04. The second-order valence-corrected chi connectivity index (χ2v) is 6.52. The predicted octanol–water partition coefficient (Wildman–Crippen LogP) is 1.82. The molecule has 2 heterocycles. The minimum atomic E-state index is -0.246. The van der Waals surface area contributed by atoms with E-state index in [1.54, 1.807) is 6.20 Å². The highest BCUT2D eigenvalue weighted by Crippen LogP contribution is 2.22. The monoisotopic (exact) mass is 339 g/mol. The standard InChI is InChI=1S/C19H25N5O/c1-22(2)18(16-8-4-3-5-9-16)19(25)24-13-7-12-23(14-15-24)17-10-6-11-20-21-17/h3-6,8-11,18H,7,12-15H2,1-2H3/t18-/m1/s1. The van der Waals surface area contributed by atoms with Crippen molar-refractivity contribution in [2.75, 3.05) is 45.2 Å². The average Bonchev–Trinajstić information content (AvgIpc) is 2.89. The van der Waals surface area contributed by atoms with Gasteiger partial charge in [-0.1, -0.05) is 30.3 Å². The van der Waals surface area contributed by atoms with Crippen LogP contribution in [0.3, 0.4) is 0 Å². The lowest BCUT2D eigenvalue weighted by atomic mass is 10.0. The van der Waals surface area contributed by atoms with Gasteiger partial charge in [-0.15, -0.1) is 5.10 Å². The Kier molecular flexibility index (Phi) is 5.60. The third kappa shape index (κ3) is 4.14. The summed E-state index contributed by atoms with van der Waals surface area (Å²) in [5.41, 5.74) is 1.03.